The molecule has 134 valence electrons. The van der Waals surface area contributed by atoms with E-state index in [0.717, 1.165) is 5.56 Å². The third-order valence-electron chi connectivity index (χ3n) is 3.47. The maximum Gasteiger partial charge on any atom is 0.239 e. The summed E-state index contributed by atoms with van der Waals surface area (Å²) in [5.74, 6) is -0.196. The summed E-state index contributed by atoms with van der Waals surface area (Å²) in [7, 11) is -3.74. The van der Waals surface area contributed by atoms with Crippen molar-refractivity contribution in [2.24, 2.45) is 0 Å². The maximum absolute atomic E-state index is 12.8. The lowest BCUT2D eigenvalue weighted by molar-refractivity contribution is -0.119. The summed E-state index contributed by atoms with van der Waals surface area (Å²) < 4.78 is 25.6. The fourth-order valence-corrected chi connectivity index (χ4v) is 4.10. The molecule has 5 nitrogen and oxygen atoms in total. The number of amides is 1. The topological polar surface area (TPSA) is 75.3 Å². The predicted molar refractivity (Wildman–Crippen MR) is 99.9 cm³/mol. The van der Waals surface area contributed by atoms with Gasteiger partial charge in [-0.15, -0.1) is 0 Å². The van der Waals surface area contributed by atoms with Gasteiger partial charge in [0.05, 0.1) is 27.0 Å². The number of halogens is 1. The van der Waals surface area contributed by atoms with E-state index in [4.69, 9.17) is 11.6 Å². The Labute approximate surface area is 153 Å². The van der Waals surface area contributed by atoms with E-state index in [1.165, 1.54) is 6.07 Å². The molecule has 0 aromatic heterocycles. The quantitative estimate of drug-likeness (QED) is 0.805. The third-order valence-corrected chi connectivity index (χ3v) is 5.80. The van der Waals surface area contributed by atoms with Crippen molar-refractivity contribution >= 4 is 33.0 Å². The average Bonchev–Trinajstić information content (AvgIpc) is 2.53. The van der Waals surface area contributed by atoms with E-state index in [2.05, 4.69) is 10.6 Å². The van der Waals surface area contributed by atoms with E-state index in [1.54, 1.807) is 36.4 Å². The molecule has 2 aromatic rings. The number of anilines is 1. The molecule has 0 aliphatic carbocycles. The highest BCUT2D eigenvalue weighted by atomic mass is 35.5. The molecule has 0 unspecified atom stereocenters. The fourth-order valence-electron chi connectivity index (χ4n) is 2.25. The van der Waals surface area contributed by atoms with E-state index >= 15 is 0 Å². The van der Waals surface area contributed by atoms with E-state index in [0.29, 0.717) is 5.69 Å². The molecule has 0 aliphatic rings. The number of sulfone groups is 1. The van der Waals surface area contributed by atoms with Crippen LogP contribution in [0, 0.1) is 6.92 Å². The number of carbonyl (C=O) groups is 1. The Morgan fingerprint density at radius 1 is 1.12 bits per heavy atom. The van der Waals surface area contributed by atoms with Gasteiger partial charge in [0.2, 0.25) is 15.7 Å². The Bertz CT molecular complexity index is 862. The first-order chi connectivity index (χ1) is 11.7. The molecule has 7 heteroatoms. The summed E-state index contributed by atoms with van der Waals surface area (Å²) in [4.78, 5) is 11.9. The van der Waals surface area contributed by atoms with Crippen molar-refractivity contribution in [3.05, 3.63) is 53.1 Å². The van der Waals surface area contributed by atoms with Crippen molar-refractivity contribution in [3.63, 3.8) is 0 Å². The fraction of sp³-hybridized carbons (Fsp3) is 0.278. The van der Waals surface area contributed by atoms with Gasteiger partial charge in [-0.1, -0.05) is 35.4 Å². The number of benzene rings is 2. The number of aryl methyl sites for hydroxylation is 1. The van der Waals surface area contributed by atoms with Crippen LogP contribution in [-0.4, -0.2) is 26.9 Å². The van der Waals surface area contributed by atoms with Crippen LogP contribution in [0.1, 0.15) is 19.4 Å². The van der Waals surface area contributed by atoms with Gasteiger partial charge < -0.3 is 10.6 Å². The molecule has 0 spiro atoms. The van der Waals surface area contributed by atoms with Crippen LogP contribution in [0.25, 0.3) is 0 Å². The lowest BCUT2D eigenvalue weighted by Gasteiger charge is -2.13. The van der Waals surface area contributed by atoms with Gasteiger partial charge in [-0.05, 0) is 45.0 Å². The Morgan fingerprint density at radius 2 is 1.76 bits per heavy atom. The summed E-state index contributed by atoms with van der Waals surface area (Å²) in [5.41, 5.74) is 1.37. The minimum Gasteiger partial charge on any atom is -0.375 e. The highest BCUT2D eigenvalue weighted by molar-refractivity contribution is 7.91. The minimum absolute atomic E-state index is 0.00589. The molecule has 0 saturated heterocycles. The van der Waals surface area contributed by atoms with Crippen LogP contribution in [0.15, 0.2) is 52.3 Å². The monoisotopic (exact) mass is 380 g/mol. The van der Waals surface area contributed by atoms with Crippen molar-refractivity contribution in [2.45, 2.75) is 36.6 Å². The average molecular weight is 381 g/mol. The summed E-state index contributed by atoms with van der Waals surface area (Å²) in [6, 6.07) is 11.3. The number of rotatable bonds is 6. The van der Waals surface area contributed by atoms with Crippen molar-refractivity contribution in [3.8, 4) is 0 Å². The SMILES string of the molecule is Cc1ccc(S(=O)(=O)c2cccc(NCC(=O)NC(C)C)c2Cl)cc1. The second-order valence-electron chi connectivity index (χ2n) is 6.01. The summed E-state index contributed by atoms with van der Waals surface area (Å²) in [6.07, 6.45) is 0. The Hall–Kier alpha value is -2.05. The van der Waals surface area contributed by atoms with E-state index < -0.39 is 9.84 Å². The molecular formula is C18H21ClN2O3S. The zero-order valence-corrected chi connectivity index (χ0v) is 15.9. The molecule has 0 saturated carbocycles. The summed E-state index contributed by atoms with van der Waals surface area (Å²) in [6.45, 7) is 5.61. The molecule has 2 aromatic carbocycles. The standard InChI is InChI=1S/C18H21ClN2O3S/c1-12(2)21-17(22)11-20-15-5-4-6-16(18(15)19)25(23,24)14-9-7-13(3)8-10-14/h4-10,12,20H,11H2,1-3H3,(H,21,22). The van der Waals surface area contributed by atoms with Crippen molar-refractivity contribution in [2.75, 3.05) is 11.9 Å². The van der Waals surface area contributed by atoms with Crippen LogP contribution in [0.5, 0.6) is 0 Å². The van der Waals surface area contributed by atoms with Gasteiger partial charge in [-0.3, -0.25) is 4.79 Å². The molecule has 25 heavy (non-hydrogen) atoms. The molecular weight excluding hydrogens is 360 g/mol. The molecule has 1 amide bonds. The van der Waals surface area contributed by atoms with Crippen LogP contribution >= 0.6 is 11.6 Å². The first-order valence-electron chi connectivity index (χ1n) is 7.85. The molecule has 0 radical (unpaired) electrons. The van der Waals surface area contributed by atoms with Crippen LogP contribution in [0.2, 0.25) is 5.02 Å². The largest absolute Gasteiger partial charge is 0.375 e. The highest BCUT2D eigenvalue weighted by Crippen LogP contribution is 2.33. The third kappa shape index (κ3) is 4.74. The zero-order chi connectivity index (χ0) is 18.6. The van der Waals surface area contributed by atoms with Crippen LogP contribution in [0.3, 0.4) is 0 Å². The van der Waals surface area contributed by atoms with Crippen LogP contribution in [0.4, 0.5) is 5.69 Å². The normalized spacial score (nSPS) is 11.4. The van der Waals surface area contributed by atoms with Gasteiger partial charge in [0, 0.05) is 6.04 Å². The van der Waals surface area contributed by atoms with Crippen LogP contribution < -0.4 is 10.6 Å². The van der Waals surface area contributed by atoms with Crippen LogP contribution in [-0.2, 0) is 14.6 Å². The van der Waals surface area contributed by atoms with Gasteiger partial charge in [0.15, 0.2) is 0 Å². The zero-order valence-electron chi connectivity index (χ0n) is 14.3. The molecule has 0 heterocycles. The number of carbonyl (C=O) groups excluding carboxylic acids is 1. The highest BCUT2D eigenvalue weighted by Gasteiger charge is 2.22. The molecule has 0 aliphatic heterocycles. The molecule has 0 atom stereocenters. The second kappa shape index (κ2) is 7.89. The molecule has 0 bridgehead atoms. The van der Waals surface area contributed by atoms with Gasteiger partial charge in [-0.2, -0.15) is 0 Å². The molecule has 2 rings (SSSR count). The Kier molecular flexibility index (Phi) is 6.08. The Morgan fingerprint density at radius 3 is 2.36 bits per heavy atom. The lowest BCUT2D eigenvalue weighted by Crippen LogP contribution is -2.34. The van der Waals surface area contributed by atoms with E-state index in [9.17, 15) is 13.2 Å². The van der Waals surface area contributed by atoms with Gasteiger partial charge in [0.1, 0.15) is 0 Å². The maximum atomic E-state index is 12.8. The predicted octanol–water partition coefficient (Wildman–Crippen LogP) is 3.42. The number of hydrogen-bond donors (Lipinski definition) is 2. The first kappa shape index (κ1) is 19.3. The first-order valence-corrected chi connectivity index (χ1v) is 9.71. The van der Waals surface area contributed by atoms with Crippen molar-refractivity contribution in [1.29, 1.82) is 0 Å². The molecule has 2 N–H and O–H groups in total. The van der Waals surface area contributed by atoms with Crippen molar-refractivity contribution in [1.82, 2.24) is 5.32 Å². The summed E-state index contributed by atoms with van der Waals surface area (Å²) in [5, 5.41) is 5.70. The van der Waals surface area contributed by atoms with Gasteiger partial charge in [-0.25, -0.2) is 8.42 Å². The van der Waals surface area contributed by atoms with Gasteiger partial charge >= 0.3 is 0 Å². The summed E-state index contributed by atoms with van der Waals surface area (Å²) >= 11 is 6.29. The van der Waals surface area contributed by atoms with E-state index in [-0.39, 0.29) is 33.3 Å². The lowest BCUT2D eigenvalue weighted by atomic mass is 10.2. The second-order valence-corrected chi connectivity index (χ2v) is 8.31. The number of nitrogens with one attached hydrogen (secondary N) is 2. The smallest absolute Gasteiger partial charge is 0.239 e. The van der Waals surface area contributed by atoms with Crippen molar-refractivity contribution < 1.29 is 13.2 Å². The Balaban J connectivity index is 2.28. The minimum atomic E-state index is -3.74. The van der Waals surface area contributed by atoms with E-state index in [1.807, 2.05) is 20.8 Å². The van der Waals surface area contributed by atoms with Gasteiger partial charge in [0.25, 0.3) is 0 Å². The number of hydrogen-bond acceptors (Lipinski definition) is 4. The molecule has 0 fully saturated rings.